The number of nitrogens with zero attached hydrogens (tertiary/aromatic N) is 2. The first-order chi connectivity index (χ1) is 14.3. The Kier molecular flexibility index (Phi) is 7.04. The van der Waals surface area contributed by atoms with Gasteiger partial charge in [0.15, 0.2) is 0 Å². The van der Waals surface area contributed by atoms with E-state index >= 15 is 0 Å². The Balaban J connectivity index is 1.45. The topological polar surface area (TPSA) is 69.7 Å². The summed E-state index contributed by atoms with van der Waals surface area (Å²) in [7, 11) is -3.44. The minimum Gasteiger partial charge on any atom is -0.369 e. The van der Waals surface area contributed by atoms with E-state index in [0.717, 1.165) is 23.4 Å². The molecular weight excluding hydrogens is 412 g/mol. The zero-order chi connectivity index (χ0) is 21.7. The molecule has 1 fully saturated rings. The van der Waals surface area contributed by atoms with Crippen LogP contribution in [-0.4, -0.2) is 57.1 Å². The number of nitrogens with one attached hydrogen (secondary N) is 1. The molecule has 0 aliphatic carbocycles. The lowest BCUT2D eigenvalue weighted by atomic mass is 10.2. The number of aryl methyl sites for hydroxylation is 1. The first-order valence-electron chi connectivity index (χ1n) is 9.79. The van der Waals surface area contributed by atoms with Gasteiger partial charge < -0.3 is 10.2 Å². The van der Waals surface area contributed by atoms with Crippen molar-refractivity contribution in [2.75, 3.05) is 43.4 Å². The maximum absolute atomic E-state index is 13.6. The third-order valence-corrected chi connectivity index (χ3v) is 7.00. The van der Waals surface area contributed by atoms with Gasteiger partial charge in [0, 0.05) is 44.5 Å². The van der Waals surface area contributed by atoms with Crippen LogP contribution in [0.15, 0.2) is 42.5 Å². The van der Waals surface area contributed by atoms with E-state index < -0.39 is 27.6 Å². The molecular formula is C21H25F2N3O3S. The van der Waals surface area contributed by atoms with Gasteiger partial charge in [-0.05, 0) is 43.2 Å². The summed E-state index contributed by atoms with van der Waals surface area (Å²) in [4.78, 5) is 14.1. The maximum atomic E-state index is 13.6. The molecule has 3 rings (SSSR count). The van der Waals surface area contributed by atoms with Gasteiger partial charge in [-0.3, -0.25) is 4.79 Å². The third-order valence-electron chi connectivity index (χ3n) is 5.04. The summed E-state index contributed by atoms with van der Waals surface area (Å²) in [5, 5.41) is 2.48. The first-order valence-corrected chi connectivity index (χ1v) is 11.4. The van der Waals surface area contributed by atoms with Crippen molar-refractivity contribution in [2.24, 2.45) is 0 Å². The minimum atomic E-state index is -3.44. The highest BCUT2D eigenvalue weighted by atomic mass is 32.2. The molecule has 30 heavy (non-hydrogen) atoms. The van der Waals surface area contributed by atoms with Crippen molar-refractivity contribution in [3.8, 4) is 0 Å². The van der Waals surface area contributed by atoms with Gasteiger partial charge in [0.25, 0.3) is 5.91 Å². The van der Waals surface area contributed by atoms with Gasteiger partial charge in [-0.25, -0.2) is 17.2 Å². The number of anilines is 1. The second kappa shape index (κ2) is 9.53. The molecule has 0 saturated carbocycles. The lowest BCUT2D eigenvalue weighted by molar-refractivity contribution is 0.0949. The Morgan fingerprint density at radius 1 is 1.07 bits per heavy atom. The summed E-state index contributed by atoms with van der Waals surface area (Å²) in [5.74, 6) is -2.52. The maximum Gasteiger partial charge on any atom is 0.254 e. The van der Waals surface area contributed by atoms with Gasteiger partial charge in [-0.1, -0.05) is 12.1 Å². The molecule has 1 saturated heterocycles. The third kappa shape index (κ3) is 5.54. The van der Waals surface area contributed by atoms with E-state index in [1.807, 2.05) is 25.1 Å². The Morgan fingerprint density at radius 3 is 2.47 bits per heavy atom. The summed E-state index contributed by atoms with van der Waals surface area (Å²) in [6, 6.07) is 10.8. The van der Waals surface area contributed by atoms with Gasteiger partial charge in [-0.15, -0.1) is 0 Å². The molecule has 0 radical (unpaired) electrons. The number of carbonyl (C=O) groups excluding carboxylic acids is 1. The van der Waals surface area contributed by atoms with Crippen molar-refractivity contribution in [1.29, 1.82) is 0 Å². The second-order valence-electron chi connectivity index (χ2n) is 7.27. The fourth-order valence-corrected chi connectivity index (χ4v) is 4.89. The highest BCUT2D eigenvalue weighted by Gasteiger charge is 2.26. The Bertz CT molecular complexity index is 1010. The van der Waals surface area contributed by atoms with E-state index in [1.165, 1.54) is 4.31 Å². The van der Waals surface area contributed by atoms with Crippen LogP contribution >= 0.6 is 0 Å². The standard InChI is InChI=1S/C21H25F2N3O3S/c1-16-4-2-5-18(14-16)25-9-11-26(12-10-25)30(28,29)13-3-8-24-21(27)19-7-6-17(22)15-20(19)23/h2,4-7,14-15H,3,8-13H2,1H3,(H,24,27). The highest BCUT2D eigenvalue weighted by Crippen LogP contribution is 2.19. The lowest BCUT2D eigenvalue weighted by Gasteiger charge is -2.35. The molecule has 0 bridgehead atoms. The molecule has 1 aliphatic heterocycles. The lowest BCUT2D eigenvalue weighted by Crippen LogP contribution is -2.49. The van der Waals surface area contributed by atoms with Crippen LogP contribution in [0.2, 0.25) is 0 Å². The number of halogens is 2. The van der Waals surface area contributed by atoms with Crippen molar-refractivity contribution < 1.29 is 22.0 Å². The van der Waals surface area contributed by atoms with Gasteiger partial charge in [0.1, 0.15) is 11.6 Å². The minimum absolute atomic E-state index is 0.0815. The zero-order valence-corrected chi connectivity index (χ0v) is 17.6. The van der Waals surface area contributed by atoms with Crippen LogP contribution in [0.1, 0.15) is 22.3 Å². The molecule has 2 aromatic carbocycles. The molecule has 9 heteroatoms. The molecule has 2 aromatic rings. The van der Waals surface area contributed by atoms with E-state index in [-0.39, 0.29) is 24.3 Å². The average molecular weight is 438 g/mol. The molecule has 6 nitrogen and oxygen atoms in total. The molecule has 1 amide bonds. The van der Waals surface area contributed by atoms with E-state index in [4.69, 9.17) is 0 Å². The van der Waals surface area contributed by atoms with Crippen LogP contribution in [-0.2, 0) is 10.0 Å². The van der Waals surface area contributed by atoms with Crippen molar-refractivity contribution in [3.05, 3.63) is 65.2 Å². The smallest absolute Gasteiger partial charge is 0.254 e. The Morgan fingerprint density at radius 2 is 1.80 bits per heavy atom. The van der Waals surface area contributed by atoms with Crippen LogP contribution in [0.4, 0.5) is 14.5 Å². The van der Waals surface area contributed by atoms with Crippen molar-refractivity contribution in [2.45, 2.75) is 13.3 Å². The number of hydrogen-bond donors (Lipinski definition) is 1. The van der Waals surface area contributed by atoms with Crippen molar-refractivity contribution in [1.82, 2.24) is 9.62 Å². The fourth-order valence-electron chi connectivity index (χ4n) is 3.40. The molecule has 0 aromatic heterocycles. The van der Waals surface area contributed by atoms with Gasteiger partial charge >= 0.3 is 0 Å². The Hall–Kier alpha value is -2.52. The van der Waals surface area contributed by atoms with Crippen LogP contribution < -0.4 is 10.2 Å². The van der Waals surface area contributed by atoms with Crippen LogP contribution in [0.5, 0.6) is 0 Å². The van der Waals surface area contributed by atoms with Gasteiger partial charge in [-0.2, -0.15) is 4.31 Å². The Labute approximate surface area is 175 Å². The van der Waals surface area contributed by atoms with E-state index in [2.05, 4.69) is 16.3 Å². The summed E-state index contributed by atoms with van der Waals surface area (Å²) < 4.78 is 53.2. The quantitative estimate of drug-likeness (QED) is 0.676. The molecule has 1 aliphatic rings. The normalized spacial score (nSPS) is 15.2. The summed E-state index contributed by atoms with van der Waals surface area (Å²) in [6.45, 7) is 4.14. The predicted molar refractivity (Wildman–Crippen MR) is 112 cm³/mol. The monoisotopic (exact) mass is 437 g/mol. The van der Waals surface area contributed by atoms with Gasteiger partial charge in [0.05, 0.1) is 11.3 Å². The number of hydrogen-bond acceptors (Lipinski definition) is 4. The zero-order valence-electron chi connectivity index (χ0n) is 16.8. The molecule has 1 N–H and O–H groups in total. The molecule has 0 atom stereocenters. The van der Waals surface area contributed by atoms with E-state index in [9.17, 15) is 22.0 Å². The SMILES string of the molecule is Cc1cccc(N2CCN(S(=O)(=O)CCCNC(=O)c3ccc(F)cc3F)CC2)c1. The van der Waals surface area contributed by atoms with Crippen LogP contribution in [0.25, 0.3) is 0 Å². The number of rotatable bonds is 7. The summed E-state index contributed by atoms with van der Waals surface area (Å²) in [5.41, 5.74) is 1.97. The van der Waals surface area contributed by atoms with Gasteiger partial charge in [0.2, 0.25) is 10.0 Å². The molecule has 162 valence electrons. The molecule has 1 heterocycles. The number of sulfonamides is 1. The van der Waals surface area contributed by atoms with E-state index in [0.29, 0.717) is 32.2 Å². The van der Waals surface area contributed by atoms with Crippen molar-refractivity contribution >= 4 is 21.6 Å². The molecule has 0 spiro atoms. The van der Waals surface area contributed by atoms with Crippen LogP contribution in [0, 0.1) is 18.6 Å². The number of benzene rings is 2. The van der Waals surface area contributed by atoms with E-state index in [1.54, 1.807) is 0 Å². The molecule has 0 unspecified atom stereocenters. The summed E-state index contributed by atoms with van der Waals surface area (Å²) >= 11 is 0. The second-order valence-corrected chi connectivity index (χ2v) is 9.36. The predicted octanol–water partition coefficient (Wildman–Crippen LogP) is 2.55. The highest BCUT2D eigenvalue weighted by molar-refractivity contribution is 7.89. The fraction of sp³-hybridized carbons (Fsp3) is 0.381. The first kappa shape index (κ1) is 22.2. The van der Waals surface area contributed by atoms with Crippen molar-refractivity contribution in [3.63, 3.8) is 0 Å². The largest absolute Gasteiger partial charge is 0.369 e. The number of amides is 1. The number of carbonyl (C=O) groups is 1. The summed E-state index contributed by atoms with van der Waals surface area (Å²) in [6.07, 6.45) is 0.203. The average Bonchev–Trinajstić information content (AvgIpc) is 2.71. The number of piperazine rings is 1. The van der Waals surface area contributed by atoms with Crippen LogP contribution in [0.3, 0.4) is 0 Å².